The van der Waals surface area contributed by atoms with Crippen molar-refractivity contribution in [1.82, 2.24) is 4.98 Å². The Kier molecular flexibility index (Phi) is 3.09. The van der Waals surface area contributed by atoms with E-state index < -0.39 is 5.79 Å². The van der Waals surface area contributed by atoms with Crippen LogP contribution in [0.3, 0.4) is 0 Å². The van der Waals surface area contributed by atoms with Crippen LogP contribution in [0.5, 0.6) is 11.5 Å². The molecular weight excluding hydrogens is 272 g/mol. The molecule has 1 atom stereocenters. The maximum atomic E-state index is 5.75. The van der Waals surface area contributed by atoms with Gasteiger partial charge in [-0.25, -0.2) is 4.98 Å². The van der Waals surface area contributed by atoms with Crippen molar-refractivity contribution < 1.29 is 9.47 Å². The van der Waals surface area contributed by atoms with Crippen molar-refractivity contribution in [3.8, 4) is 11.5 Å². The van der Waals surface area contributed by atoms with E-state index >= 15 is 0 Å². The predicted molar refractivity (Wildman–Crippen MR) is 80.7 cm³/mol. The van der Waals surface area contributed by atoms with Crippen molar-refractivity contribution in [2.45, 2.75) is 39.5 Å². The zero-order valence-corrected chi connectivity index (χ0v) is 12.9. The predicted octanol–water partition coefficient (Wildman–Crippen LogP) is 4.13. The highest BCUT2D eigenvalue weighted by Crippen LogP contribution is 2.41. The molecule has 0 fully saturated rings. The zero-order chi connectivity index (χ0) is 14.3. The van der Waals surface area contributed by atoms with Crippen LogP contribution in [0, 0.1) is 6.92 Å². The summed E-state index contributed by atoms with van der Waals surface area (Å²) in [7, 11) is 0. The molecule has 20 heavy (non-hydrogen) atoms. The molecule has 1 aliphatic rings. The molecule has 1 aromatic carbocycles. The lowest BCUT2D eigenvalue weighted by Gasteiger charge is -2.16. The van der Waals surface area contributed by atoms with E-state index in [9.17, 15) is 0 Å². The number of nitrogens with zero attached hydrogens (tertiary/aromatic N) is 1. The Hall–Kier alpha value is -1.75. The van der Waals surface area contributed by atoms with Gasteiger partial charge in [0, 0.05) is 31.0 Å². The SMILES string of the molecule is Cc1nc(C(C)Nc2ccc3c(c2)OC(C)(C)O3)cs1. The van der Waals surface area contributed by atoms with E-state index in [-0.39, 0.29) is 6.04 Å². The maximum Gasteiger partial charge on any atom is 0.246 e. The minimum Gasteiger partial charge on any atom is -0.449 e. The first-order valence-electron chi connectivity index (χ1n) is 6.63. The summed E-state index contributed by atoms with van der Waals surface area (Å²) in [4.78, 5) is 4.50. The number of rotatable bonds is 3. The molecule has 0 saturated carbocycles. The fourth-order valence-corrected chi connectivity index (χ4v) is 2.92. The molecule has 1 aliphatic heterocycles. The topological polar surface area (TPSA) is 43.4 Å². The highest BCUT2D eigenvalue weighted by Gasteiger charge is 2.31. The monoisotopic (exact) mass is 290 g/mol. The van der Waals surface area contributed by atoms with Gasteiger partial charge in [-0.2, -0.15) is 0 Å². The van der Waals surface area contributed by atoms with Gasteiger partial charge in [0.1, 0.15) is 0 Å². The van der Waals surface area contributed by atoms with E-state index in [2.05, 4.69) is 22.6 Å². The molecule has 4 nitrogen and oxygen atoms in total. The van der Waals surface area contributed by atoms with Crippen molar-refractivity contribution >= 4 is 17.0 Å². The molecular formula is C15H18N2O2S. The molecule has 0 bridgehead atoms. The van der Waals surface area contributed by atoms with Crippen molar-refractivity contribution in [3.63, 3.8) is 0 Å². The van der Waals surface area contributed by atoms with Gasteiger partial charge in [0.25, 0.3) is 0 Å². The standard InChI is InChI=1S/C15H18N2O2S/c1-9(12-8-20-10(2)17-12)16-11-5-6-13-14(7-11)19-15(3,4)18-13/h5-9,16H,1-4H3. The van der Waals surface area contributed by atoms with Crippen LogP contribution in [0.2, 0.25) is 0 Å². The normalized spacial score (nSPS) is 17.0. The lowest BCUT2D eigenvalue weighted by Crippen LogP contribution is -2.29. The fourth-order valence-electron chi connectivity index (χ4n) is 2.22. The Morgan fingerprint density at radius 2 is 2.00 bits per heavy atom. The summed E-state index contributed by atoms with van der Waals surface area (Å²) in [6.45, 7) is 7.92. The van der Waals surface area contributed by atoms with E-state index in [1.807, 2.05) is 39.0 Å². The fraction of sp³-hybridized carbons (Fsp3) is 0.400. The molecule has 5 heteroatoms. The summed E-state index contributed by atoms with van der Waals surface area (Å²) in [6.07, 6.45) is 0. The summed E-state index contributed by atoms with van der Waals surface area (Å²) >= 11 is 1.67. The van der Waals surface area contributed by atoms with Crippen molar-refractivity contribution in [3.05, 3.63) is 34.3 Å². The lowest BCUT2D eigenvalue weighted by atomic mass is 10.2. The molecule has 1 aromatic heterocycles. The quantitative estimate of drug-likeness (QED) is 0.923. The molecule has 106 valence electrons. The third-order valence-corrected chi connectivity index (χ3v) is 3.91. The Bertz CT molecular complexity index is 637. The van der Waals surface area contributed by atoms with Gasteiger partial charge in [-0.05, 0) is 26.0 Å². The van der Waals surface area contributed by atoms with Crippen LogP contribution >= 0.6 is 11.3 Å². The van der Waals surface area contributed by atoms with Gasteiger partial charge in [-0.3, -0.25) is 0 Å². The first kappa shape index (κ1) is 13.2. The molecule has 0 radical (unpaired) electrons. The van der Waals surface area contributed by atoms with Gasteiger partial charge in [0.2, 0.25) is 5.79 Å². The molecule has 0 spiro atoms. The van der Waals surface area contributed by atoms with Crippen LogP contribution in [0.4, 0.5) is 5.69 Å². The number of nitrogens with one attached hydrogen (secondary N) is 1. The highest BCUT2D eigenvalue weighted by atomic mass is 32.1. The second-order valence-corrected chi connectivity index (χ2v) is 6.49. The van der Waals surface area contributed by atoms with Crippen LogP contribution in [-0.4, -0.2) is 10.8 Å². The van der Waals surface area contributed by atoms with Gasteiger partial charge < -0.3 is 14.8 Å². The van der Waals surface area contributed by atoms with Gasteiger partial charge in [-0.1, -0.05) is 0 Å². The Morgan fingerprint density at radius 3 is 2.70 bits per heavy atom. The summed E-state index contributed by atoms with van der Waals surface area (Å²) in [5.74, 6) is 0.984. The second kappa shape index (κ2) is 4.66. The number of aromatic nitrogens is 1. The molecule has 3 rings (SSSR count). The van der Waals surface area contributed by atoms with Crippen molar-refractivity contribution in [2.24, 2.45) is 0 Å². The molecule has 0 saturated heterocycles. The van der Waals surface area contributed by atoms with Crippen LogP contribution in [0.25, 0.3) is 0 Å². The summed E-state index contributed by atoms with van der Waals surface area (Å²) in [6, 6.07) is 6.07. The van der Waals surface area contributed by atoms with E-state index in [4.69, 9.17) is 9.47 Å². The number of benzene rings is 1. The van der Waals surface area contributed by atoms with E-state index in [0.29, 0.717) is 0 Å². The molecule has 1 unspecified atom stereocenters. The van der Waals surface area contributed by atoms with Crippen molar-refractivity contribution in [2.75, 3.05) is 5.32 Å². The number of hydrogen-bond donors (Lipinski definition) is 1. The van der Waals surface area contributed by atoms with Gasteiger partial charge in [-0.15, -0.1) is 11.3 Å². The molecule has 1 N–H and O–H groups in total. The van der Waals surface area contributed by atoms with Crippen LogP contribution < -0.4 is 14.8 Å². The highest BCUT2D eigenvalue weighted by molar-refractivity contribution is 7.09. The second-order valence-electron chi connectivity index (χ2n) is 5.42. The minimum atomic E-state index is -0.585. The van der Waals surface area contributed by atoms with Crippen molar-refractivity contribution in [1.29, 1.82) is 0 Å². The van der Waals surface area contributed by atoms with Crippen LogP contribution in [0.1, 0.15) is 37.5 Å². The Balaban J connectivity index is 1.76. The van der Waals surface area contributed by atoms with E-state index in [0.717, 1.165) is 27.9 Å². The van der Waals surface area contributed by atoms with Crippen LogP contribution in [0.15, 0.2) is 23.6 Å². The van der Waals surface area contributed by atoms with Crippen LogP contribution in [-0.2, 0) is 0 Å². The number of ether oxygens (including phenoxy) is 2. The third kappa shape index (κ3) is 2.58. The average Bonchev–Trinajstić information content (AvgIpc) is 2.90. The summed E-state index contributed by atoms with van der Waals surface area (Å²) in [5, 5.41) is 6.61. The van der Waals surface area contributed by atoms with Gasteiger partial charge >= 0.3 is 0 Å². The summed E-state index contributed by atoms with van der Waals surface area (Å²) < 4.78 is 11.4. The number of aryl methyl sites for hydroxylation is 1. The third-order valence-electron chi connectivity index (χ3n) is 3.12. The summed E-state index contributed by atoms with van der Waals surface area (Å²) in [5.41, 5.74) is 2.06. The maximum absolute atomic E-state index is 5.75. The molecule has 0 amide bonds. The number of thiazole rings is 1. The Morgan fingerprint density at radius 1 is 1.25 bits per heavy atom. The first-order chi connectivity index (χ1) is 9.43. The van der Waals surface area contributed by atoms with E-state index in [1.165, 1.54) is 0 Å². The molecule has 2 aromatic rings. The zero-order valence-electron chi connectivity index (χ0n) is 12.1. The first-order valence-corrected chi connectivity index (χ1v) is 7.51. The largest absolute Gasteiger partial charge is 0.449 e. The smallest absolute Gasteiger partial charge is 0.246 e. The molecule has 2 heterocycles. The lowest BCUT2D eigenvalue weighted by molar-refractivity contribution is -0.0431. The number of hydrogen-bond acceptors (Lipinski definition) is 5. The molecule has 0 aliphatic carbocycles. The average molecular weight is 290 g/mol. The Labute approximate surface area is 122 Å². The minimum absolute atomic E-state index is 0.160. The van der Waals surface area contributed by atoms with E-state index in [1.54, 1.807) is 11.3 Å². The number of fused-ring (bicyclic) bond motifs is 1. The van der Waals surface area contributed by atoms with Gasteiger partial charge in [0.15, 0.2) is 11.5 Å². The number of anilines is 1. The van der Waals surface area contributed by atoms with Gasteiger partial charge in [0.05, 0.1) is 16.7 Å².